The van der Waals surface area contributed by atoms with Gasteiger partial charge in [-0.1, -0.05) is 13.8 Å². The minimum Gasteiger partial charge on any atom is -0.392 e. The minimum absolute atomic E-state index is 0.0722. The van der Waals surface area contributed by atoms with Crippen molar-refractivity contribution in [3.63, 3.8) is 0 Å². The maximum Gasteiger partial charge on any atom is 0.131 e. The number of aryl methyl sites for hydroxylation is 1. The Morgan fingerprint density at radius 1 is 1.53 bits per heavy atom. The fourth-order valence-corrected chi connectivity index (χ4v) is 2.57. The molecule has 0 bridgehead atoms. The third kappa shape index (κ3) is 2.60. The van der Waals surface area contributed by atoms with Gasteiger partial charge in [-0.3, -0.25) is 0 Å². The Morgan fingerprint density at radius 2 is 2.29 bits per heavy atom. The number of hydrogen-bond acceptors (Lipinski definition) is 3. The third-order valence-corrected chi connectivity index (χ3v) is 3.76. The molecule has 1 unspecified atom stereocenters. The molecule has 1 fully saturated rings. The Balaban J connectivity index is 2.13. The van der Waals surface area contributed by atoms with Gasteiger partial charge < -0.3 is 10.0 Å². The summed E-state index contributed by atoms with van der Waals surface area (Å²) < 4.78 is 0. The Hall–Kier alpha value is -1.09. The van der Waals surface area contributed by atoms with Gasteiger partial charge in [-0.15, -0.1) is 0 Å². The smallest absolute Gasteiger partial charge is 0.131 e. The molecule has 1 saturated heterocycles. The molecule has 3 nitrogen and oxygen atoms in total. The molecule has 2 heterocycles. The number of aliphatic hydroxyl groups is 1. The number of nitrogens with zero attached hydrogens (tertiary/aromatic N) is 2. The molecule has 94 valence electrons. The van der Waals surface area contributed by atoms with Gasteiger partial charge in [0.2, 0.25) is 0 Å². The lowest BCUT2D eigenvalue weighted by Gasteiger charge is -2.21. The van der Waals surface area contributed by atoms with Gasteiger partial charge >= 0.3 is 0 Å². The summed E-state index contributed by atoms with van der Waals surface area (Å²) in [6.07, 6.45) is 3.05. The van der Waals surface area contributed by atoms with Crippen molar-refractivity contribution in [2.24, 2.45) is 11.8 Å². The summed E-state index contributed by atoms with van der Waals surface area (Å²) in [6, 6.07) is 2.03. The molecule has 1 N–H and O–H groups in total. The summed E-state index contributed by atoms with van der Waals surface area (Å²) in [6.45, 7) is 8.96. The monoisotopic (exact) mass is 234 g/mol. The second-order valence-corrected chi connectivity index (χ2v) is 5.38. The van der Waals surface area contributed by atoms with E-state index in [4.69, 9.17) is 5.11 Å². The molecule has 3 heteroatoms. The lowest BCUT2D eigenvalue weighted by atomic mass is 9.95. The lowest BCUT2D eigenvalue weighted by molar-refractivity contribution is 0.281. The molecular weight excluding hydrogens is 212 g/mol. The quantitative estimate of drug-likeness (QED) is 0.872. The lowest BCUT2D eigenvalue weighted by Crippen LogP contribution is -2.23. The van der Waals surface area contributed by atoms with Gasteiger partial charge in [0.25, 0.3) is 0 Å². The first kappa shape index (κ1) is 12.4. The van der Waals surface area contributed by atoms with E-state index in [0.717, 1.165) is 36.3 Å². The molecule has 17 heavy (non-hydrogen) atoms. The van der Waals surface area contributed by atoms with Crippen LogP contribution in [0.15, 0.2) is 12.3 Å². The highest BCUT2D eigenvalue weighted by molar-refractivity contribution is 5.48. The van der Waals surface area contributed by atoms with Crippen molar-refractivity contribution in [3.05, 3.63) is 23.4 Å². The van der Waals surface area contributed by atoms with Gasteiger partial charge in [-0.25, -0.2) is 4.98 Å². The first-order valence-electron chi connectivity index (χ1n) is 6.43. The van der Waals surface area contributed by atoms with E-state index in [9.17, 15) is 0 Å². The zero-order chi connectivity index (χ0) is 12.4. The van der Waals surface area contributed by atoms with Crippen molar-refractivity contribution in [3.8, 4) is 0 Å². The first-order chi connectivity index (χ1) is 8.11. The Morgan fingerprint density at radius 3 is 2.82 bits per heavy atom. The maximum atomic E-state index is 9.08. The molecule has 0 aromatic carbocycles. The van der Waals surface area contributed by atoms with Crippen LogP contribution in [-0.2, 0) is 6.61 Å². The first-order valence-corrected chi connectivity index (χ1v) is 6.43. The highest BCUT2D eigenvalue weighted by Crippen LogP contribution is 2.29. The van der Waals surface area contributed by atoms with Crippen molar-refractivity contribution in [2.75, 3.05) is 18.0 Å². The maximum absolute atomic E-state index is 9.08. The van der Waals surface area contributed by atoms with Gasteiger partial charge in [0.15, 0.2) is 0 Å². The Bertz CT molecular complexity index is 390. The average Bonchev–Trinajstić information content (AvgIpc) is 2.78. The van der Waals surface area contributed by atoms with E-state index in [2.05, 4.69) is 30.7 Å². The van der Waals surface area contributed by atoms with Crippen molar-refractivity contribution in [1.82, 2.24) is 4.98 Å². The predicted octanol–water partition coefficient (Wildman–Crippen LogP) is 2.36. The van der Waals surface area contributed by atoms with Crippen molar-refractivity contribution in [2.45, 2.75) is 33.8 Å². The highest BCUT2D eigenvalue weighted by Gasteiger charge is 2.26. The SMILES string of the molecule is Cc1cc(CO)cnc1N1CCC(C(C)C)C1. The van der Waals surface area contributed by atoms with E-state index >= 15 is 0 Å². The van der Waals surface area contributed by atoms with Crippen LogP contribution in [0.25, 0.3) is 0 Å². The van der Waals surface area contributed by atoms with Crippen LogP contribution in [0, 0.1) is 18.8 Å². The molecule has 2 rings (SSSR count). The molecule has 0 spiro atoms. The van der Waals surface area contributed by atoms with Crippen molar-refractivity contribution in [1.29, 1.82) is 0 Å². The molecule has 0 radical (unpaired) electrons. The number of hydrogen-bond donors (Lipinski definition) is 1. The molecular formula is C14H22N2O. The molecule has 1 atom stereocenters. The van der Waals surface area contributed by atoms with E-state index in [1.54, 1.807) is 6.20 Å². The summed E-state index contributed by atoms with van der Waals surface area (Å²) in [5, 5.41) is 9.08. The zero-order valence-electron chi connectivity index (χ0n) is 11.0. The number of anilines is 1. The summed E-state index contributed by atoms with van der Waals surface area (Å²) in [7, 11) is 0. The summed E-state index contributed by atoms with van der Waals surface area (Å²) in [5.41, 5.74) is 2.06. The van der Waals surface area contributed by atoms with E-state index in [-0.39, 0.29) is 6.61 Å². The van der Waals surface area contributed by atoms with Gasteiger partial charge in [-0.05, 0) is 42.4 Å². The van der Waals surface area contributed by atoms with Gasteiger partial charge in [0.05, 0.1) is 6.61 Å². The molecule has 1 aliphatic rings. The third-order valence-electron chi connectivity index (χ3n) is 3.76. The van der Waals surface area contributed by atoms with Gasteiger partial charge in [-0.2, -0.15) is 0 Å². The van der Waals surface area contributed by atoms with Crippen LogP contribution >= 0.6 is 0 Å². The van der Waals surface area contributed by atoms with Crippen LogP contribution < -0.4 is 4.90 Å². The molecule has 1 aliphatic heterocycles. The number of aromatic nitrogens is 1. The van der Waals surface area contributed by atoms with Gasteiger partial charge in [0, 0.05) is 19.3 Å². The Kier molecular flexibility index (Phi) is 3.67. The van der Waals surface area contributed by atoms with Crippen LogP contribution in [0.1, 0.15) is 31.4 Å². The van der Waals surface area contributed by atoms with Crippen molar-refractivity contribution >= 4 is 5.82 Å². The summed E-state index contributed by atoms with van der Waals surface area (Å²) in [4.78, 5) is 6.87. The fourth-order valence-electron chi connectivity index (χ4n) is 2.57. The number of pyridine rings is 1. The zero-order valence-corrected chi connectivity index (χ0v) is 11.0. The fraction of sp³-hybridized carbons (Fsp3) is 0.643. The molecule has 1 aromatic heterocycles. The van der Waals surface area contributed by atoms with Crippen LogP contribution in [0.3, 0.4) is 0 Å². The summed E-state index contributed by atoms with van der Waals surface area (Å²) in [5.74, 6) is 2.62. The van der Waals surface area contributed by atoms with Crippen LogP contribution in [0.5, 0.6) is 0 Å². The van der Waals surface area contributed by atoms with E-state index in [1.165, 1.54) is 12.0 Å². The molecule has 0 saturated carbocycles. The average molecular weight is 234 g/mol. The number of aliphatic hydroxyl groups excluding tert-OH is 1. The normalized spacial score (nSPS) is 20.3. The van der Waals surface area contributed by atoms with Crippen LogP contribution in [0.2, 0.25) is 0 Å². The standard InChI is InChI=1S/C14H22N2O/c1-10(2)13-4-5-16(8-13)14-11(3)6-12(9-17)7-15-14/h6-7,10,13,17H,4-5,8-9H2,1-3H3. The molecule has 0 amide bonds. The van der Waals surface area contributed by atoms with Crippen LogP contribution in [-0.4, -0.2) is 23.2 Å². The van der Waals surface area contributed by atoms with Crippen LogP contribution in [0.4, 0.5) is 5.82 Å². The predicted molar refractivity (Wildman–Crippen MR) is 70.1 cm³/mol. The van der Waals surface area contributed by atoms with E-state index in [0.29, 0.717) is 0 Å². The second kappa shape index (κ2) is 5.05. The van der Waals surface area contributed by atoms with E-state index < -0.39 is 0 Å². The largest absolute Gasteiger partial charge is 0.392 e. The molecule has 0 aliphatic carbocycles. The van der Waals surface area contributed by atoms with Gasteiger partial charge in [0.1, 0.15) is 5.82 Å². The van der Waals surface area contributed by atoms with E-state index in [1.807, 2.05) is 6.07 Å². The Labute approximate surface area is 103 Å². The topological polar surface area (TPSA) is 36.4 Å². The minimum atomic E-state index is 0.0722. The highest BCUT2D eigenvalue weighted by atomic mass is 16.3. The second-order valence-electron chi connectivity index (χ2n) is 5.38. The summed E-state index contributed by atoms with van der Waals surface area (Å²) >= 11 is 0. The number of rotatable bonds is 3. The molecule has 1 aromatic rings. The van der Waals surface area contributed by atoms with Crippen molar-refractivity contribution < 1.29 is 5.11 Å².